The topological polar surface area (TPSA) is 50.8 Å². The van der Waals surface area contributed by atoms with E-state index in [9.17, 15) is 4.79 Å². The van der Waals surface area contributed by atoms with Gasteiger partial charge in [0.25, 0.3) is 0 Å². The Morgan fingerprint density at radius 1 is 1.21 bits per heavy atom. The molecular formula is C19H30N2O3. The summed E-state index contributed by atoms with van der Waals surface area (Å²) in [6, 6.07) is 5.86. The SMILES string of the molecule is COc1ccc(CCNC(=O)CCN2CCC(C)CC2)cc1OC. The fraction of sp³-hybridized carbons (Fsp3) is 0.632. The van der Waals surface area contributed by atoms with E-state index in [-0.39, 0.29) is 5.91 Å². The predicted molar refractivity (Wildman–Crippen MR) is 95.7 cm³/mol. The monoisotopic (exact) mass is 334 g/mol. The third-order valence-corrected chi connectivity index (χ3v) is 4.72. The van der Waals surface area contributed by atoms with Crippen molar-refractivity contribution < 1.29 is 14.3 Å². The molecule has 0 radical (unpaired) electrons. The lowest BCUT2D eigenvalue weighted by Gasteiger charge is -2.29. The molecule has 0 bridgehead atoms. The molecule has 1 aromatic rings. The summed E-state index contributed by atoms with van der Waals surface area (Å²) in [5.41, 5.74) is 1.12. The standard InChI is InChI=1S/C19H30N2O3/c1-15-7-11-21(12-8-15)13-9-19(22)20-10-6-16-4-5-17(23-2)18(14-16)24-3/h4-5,14-15H,6-13H2,1-3H3,(H,20,22). The molecule has 0 aromatic heterocycles. The van der Waals surface area contributed by atoms with Crippen molar-refractivity contribution in [3.8, 4) is 11.5 Å². The van der Waals surface area contributed by atoms with Gasteiger partial charge < -0.3 is 19.7 Å². The normalized spacial score (nSPS) is 16.0. The van der Waals surface area contributed by atoms with Gasteiger partial charge in [-0.05, 0) is 56.0 Å². The zero-order chi connectivity index (χ0) is 17.4. The first-order valence-electron chi connectivity index (χ1n) is 8.82. The average Bonchev–Trinajstić information content (AvgIpc) is 2.61. The number of methoxy groups -OCH3 is 2. The Morgan fingerprint density at radius 3 is 2.58 bits per heavy atom. The van der Waals surface area contributed by atoms with Crippen LogP contribution in [0.5, 0.6) is 11.5 Å². The second kappa shape index (κ2) is 9.52. The van der Waals surface area contributed by atoms with Crippen molar-refractivity contribution in [3.63, 3.8) is 0 Å². The van der Waals surface area contributed by atoms with Crippen LogP contribution in [0.4, 0.5) is 0 Å². The molecule has 1 N–H and O–H groups in total. The van der Waals surface area contributed by atoms with E-state index in [0.717, 1.165) is 49.0 Å². The summed E-state index contributed by atoms with van der Waals surface area (Å²) in [4.78, 5) is 14.4. The predicted octanol–water partition coefficient (Wildman–Crippen LogP) is 2.48. The highest BCUT2D eigenvalue weighted by Gasteiger charge is 2.16. The molecular weight excluding hydrogens is 304 g/mol. The maximum atomic E-state index is 12.0. The number of hydrogen-bond acceptors (Lipinski definition) is 4. The second-order valence-electron chi connectivity index (χ2n) is 6.56. The van der Waals surface area contributed by atoms with Crippen LogP contribution in [-0.4, -0.2) is 51.2 Å². The Morgan fingerprint density at radius 2 is 1.92 bits per heavy atom. The van der Waals surface area contributed by atoms with Crippen LogP contribution in [0.15, 0.2) is 18.2 Å². The minimum Gasteiger partial charge on any atom is -0.493 e. The van der Waals surface area contributed by atoms with E-state index in [4.69, 9.17) is 9.47 Å². The van der Waals surface area contributed by atoms with Crippen LogP contribution in [0, 0.1) is 5.92 Å². The lowest BCUT2D eigenvalue weighted by molar-refractivity contribution is -0.121. The van der Waals surface area contributed by atoms with Crippen LogP contribution in [0.1, 0.15) is 31.7 Å². The van der Waals surface area contributed by atoms with Crippen molar-refractivity contribution in [3.05, 3.63) is 23.8 Å². The van der Waals surface area contributed by atoms with Crippen LogP contribution in [-0.2, 0) is 11.2 Å². The number of nitrogens with one attached hydrogen (secondary N) is 1. The second-order valence-corrected chi connectivity index (χ2v) is 6.56. The lowest BCUT2D eigenvalue weighted by Crippen LogP contribution is -2.36. The van der Waals surface area contributed by atoms with Gasteiger partial charge in [0, 0.05) is 19.5 Å². The lowest BCUT2D eigenvalue weighted by atomic mass is 9.99. The van der Waals surface area contributed by atoms with Gasteiger partial charge in [-0.2, -0.15) is 0 Å². The van der Waals surface area contributed by atoms with E-state index in [1.807, 2.05) is 18.2 Å². The van der Waals surface area contributed by atoms with Gasteiger partial charge in [0.15, 0.2) is 11.5 Å². The molecule has 1 fully saturated rings. The van der Waals surface area contributed by atoms with Gasteiger partial charge in [0.1, 0.15) is 0 Å². The minimum atomic E-state index is 0.133. The third kappa shape index (κ3) is 5.71. The van der Waals surface area contributed by atoms with Crippen LogP contribution in [0.2, 0.25) is 0 Å². The van der Waals surface area contributed by atoms with Crippen LogP contribution in [0.25, 0.3) is 0 Å². The van der Waals surface area contributed by atoms with E-state index in [0.29, 0.717) is 13.0 Å². The Kier molecular flexibility index (Phi) is 7.37. The van der Waals surface area contributed by atoms with Crippen molar-refractivity contribution in [1.82, 2.24) is 10.2 Å². The molecule has 134 valence electrons. The van der Waals surface area contributed by atoms with Crippen LogP contribution < -0.4 is 14.8 Å². The van der Waals surface area contributed by atoms with Crippen LogP contribution in [0.3, 0.4) is 0 Å². The van der Waals surface area contributed by atoms with Crippen molar-refractivity contribution >= 4 is 5.91 Å². The van der Waals surface area contributed by atoms with Gasteiger partial charge in [-0.3, -0.25) is 4.79 Å². The van der Waals surface area contributed by atoms with E-state index in [1.165, 1.54) is 12.8 Å². The Balaban J connectivity index is 1.67. The van der Waals surface area contributed by atoms with Gasteiger partial charge in [-0.1, -0.05) is 13.0 Å². The van der Waals surface area contributed by atoms with Crippen molar-refractivity contribution in [1.29, 1.82) is 0 Å². The van der Waals surface area contributed by atoms with Gasteiger partial charge in [0.2, 0.25) is 5.91 Å². The smallest absolute Gasteiger partial charge is 0.221 e. The van der Waals surface area contributed by atoms with Crippen LogP contribution >= 0.6 is 0 Å². The summed E-state index contributed by atoms with van der Waals surface area (Å²) in [7, 11) is 3.26. The van der Waals surface area contributed by atoms with E-state index in [1.54, 1.807) is 14.2 Å². The zero-order valence-corrected chi connectivity index (χ0v) is 15.1. The van der Waals surface area contributed by atoms with Gasteiger partial charge in [-0.25, -0.2) is 0 Å². The molecule has 0 spiro atoms. The largest absolute Gasteiger partial charge is 0.493 e. The van der Waals surface area contributed by atoms with Crippen molar-refractivity contribution in [2.45, 2.75) is 32.6 Å². The number of carbonyl (C=O) groups excluding carboxylic acids is 1. The minimum absolute atomic E-state index is 0.133. The summed E-state index contributed by atoms with van der Waals surface area (Å²) in [5, 5.41) is 3.01. The summed E-state index contributed by atoms with van der Waals surface area (Å²) < 4.78 is 10.5. The van der Waals surface area contributed by atoms with Gasteiger partial charge >= 0.3 is 0 Å². The molecule has 1 aromatic carbocycles. The summed E-state index contributed by atoms with van der Waals surface area (Å²) in [6.07, 6.45) is 3.87. The molecule has 1 amide bonds. The average molecular weight is 334 g/mol. The molecule has 24 heavy (non-hydrogen) atoms. The number of benzene rings is 1. The molecule has 2 rings (SSSR count). The van der Waals surface area contributed by atoms with Gasteiger partial charge in [0.05, 0.1) is 14.2 Å². The molecule has 1 heterocycles. The summed E-state index contributed by atoms with van der Waals surface area (Å²) in [6.45, 7) is 6.07. The number of carbonyl (C=O) groups is 1. The number of hydrogen-bond donors (Lipinski definition) is 1. The van der Waals surface area contributed by atoms with Crippen molar-refractivity contribution in [2.75, 3.05) is 40.4 Å². The number of nitrogens with zero attached hydrogens (tertiary/aromatic N) is 1. The van der Waals surface area contributed by atoms with E-state index < -0.39 is 0 Å². The molecule has 0 atom stereocenters. The highest BCUT2D eigenvalue weighted by atomic mass is 16.5. The Bertz CT molecular complexity index is 525. The molecule has 0 aliphatic carbocycles. The maximum absolute atomic E-state index is 12.0. The number of amides is 1. The van der Waals surface area contributed by atoms with Crippen molar-refractivity contribution in [2.24, 2.45) is 5.92 Å². The molecule has 0 saturated carbocycles. The molecule has 1 saturated heterocycles. The summed E-state index contributed by atoms with van der Waals surface area (Å²) >= 11 is 0. The zero-order valence-electron chi connectivity index (χ0n) is 15.1. The number of rotatable bonds is 8. The van der Waals surface area contributed by atoms with Gasteiger partial charge in [-0.15, -0.1) is 0 Å². The molecule has 0 unspecified atom stereocenters. The Labute approximate surface area is 145 Å². The first-order valence-corrected chi connectivity index (χ1v) is 8.82. The highest BCUT2D eigenvalue weighted by Crippen LogP contribution is 2.27. The third-order valence-electron chi connectivity index (χ3n) is 4.72. The number of piperidine rings is 1. The fourth-order valence-electron chi connectivity index (χ4n) is 3.02. The summed E-state index contributed by atoms with van der Waals surface area (Å²) in [5.74, 6) is 2.41. The highest BCUT2D eigenvalue weighted by molar-refractivity contribution is 5.76. The molecule has 5 nitrogen and oxygen atoms in total. The molecule has 5 heteroatoms. The van der Waals surface area contributed by atoms with E-state index >= 15 is 0 Å². The van der Waals surface area contributed by atoms with E-state index in [2.05, 4.69) is 17.1 Å². The maximum Gasteiger partial charge on any atom is 0.221 e. The first-order chi connectivity index (χ1) is 11.6. The Hall–Kier alpha value is -1.75. The number of likely N-dealkylation sites (tertiary alicyclic amines) is 1. The number of ether oxygens (including phenoxy) is 2. The fourth-order valence-corrected chi connectivity index (χ4v) is 3.02. The first kappa shape index (κ1) is 18.6. The quantitative estimate of drug-likeness (QED) is 0.793. The molecule has 1 aliphatic rings. The molecule has 1 aliphatic heterocycles.